The molecule has 0 amide bonds. The number of anilines is 1. The van der Waals surface area contributed by atoms with Gasteiger partial charge in [-0.25, -0.2) is 0 Å². The van der Waals surface area contributed by atoms with Crippen molar-refractivity contribution in [1.29, 1.82) is 0 Å². The van der Waals surface area contributed by atoms with Gasteiger partial charge in [0.2, 0.25) is 0 Å². The van der Waals surface area contributed by atoms with Gasteiger partial charge in [-0.1, -0.05) is 17.3 Å². The summed E-state index contributed by atoms with van der Waals surface area (Å²) in [7, 11) is 2.17. The molecule has 2 aromatic rings. The molecule has 1 saturated heterocycles. The van der Waals surface area contributed by atoms with Crippen LogP contribution in [0.25, 0.3) is 11.0 Å². The van der Waals surface area contributed by atoms with Crippen molar-refractivity contribution in [3.8, 4) is 0 Å². The Morgan fingerprint density at radius 1 is 1.47 bits per heavy atom. The zero-order chi connectivity index (χ0) is 11.7. The number of fused-ring (bicyclic) bond motifs is 1. The summed E-state index contributed by atoms with van der Waals surface area (Å²) in [5.74, 6) is 1.59. The summed E-state index contributed by atoms with van der Waals surface area (Å²) in [6.07, 6.45) is 1.26. The minimum Gasteiger partial charge on any atom is -0.366 e. The lowest BCUT2D eigenvalue weighted by molar-refractivity contribution is 0.398. The van der Waals surface area contributed by atoms with Crippen LogP contribution in [0.4, 0.5) is 5.82 Å². The van der Waals surface area contributed by atoms with E-state index in [9.17, 15) is 0 Å². The minimum atomic E-state index is 0.718. The first-order valence-electron chi connectivity index (χ1n) is 6.10. The second-order valence-corrected chi connectivity index (χ2v) is 4.83. The van der Waals surface area contributed by atoms with Crippen LogP contribution in [0.3, 0.4) is 0 Å². The summed E-state index contributed by atoms with van der Waals surface area (Å²) in [5.41, 5.74) is 0.846. The van der Waals surface area contributed by atoms with E-state index in [0.717, 1.165) is 29.2 Å². The van der Waals surface area contributed by atoms with E-state index in [1.165, 1.54) is 19.5 Å². The monoisotopic (exact) mass is 231 g/mol. The fourth-order valence-electron chi connectivity index (χ4n) is 2.45. The van der Waals surface area contributed by atoms with Gasteiger partial charge >= 0.3 is 0 Å². The predicted molar refractivity (Wildman–Crippen MR) is 68.1 cm³/mol. The van der Waals surface area contributed by atoms with Gasteiger partial charge in [0.15, 0.2) is 11.4 Å². The van der Waals surface area contributed by atoms with E-state index in [2.05, 4.69) is 22.4 Å². The molecule has 17 heavy (non-hydrogen) atoms. The Morgan fingerprint density at radius 2 is 2.35 bits per heavy atom. The second-order valence-electron chi connectivity index (χ2n) is 4.83. The van der Waals surface area contributed by atoms with Crippen LogP contribution in [0.15, 0.2) is 28.8 Å². The molecule has 1 fully saturated rings. The lowest BCUT2D eigenvalue weighted by Crippen LogP contribution is -2.19. The molecule has 0 radical (unpaired) electrons. The molecular weight excluding hydrogens is 214 g/mol. The number of para-hydroxylation sites is 1. The highest BCUT2D eigenvalue weighted by Crippen LogP contribution is 2.23. The Morgan fingerprint density at radius 3 is 3.18 bits per heavy atom. The Kier molecular flexibility index (Phi) is 2.73. The maximum Gasteiger partial charge on any atom is 0.177 e. The minimum absolute atomic E-state index is 0.718. The maximum atomic E-state index is 5.26. The summed E-state index contributed by atoms with van der Waals surface area (Å²) in [6.45, 7) is 3.34. The molecule has 1 atom stereocenters. The largest absolute Gasteiger partial charge is 0.366 e. The molecule has 0 saturated carbocycles. The van der Waals surface area contributed by atoms with Crippen molar-refractivity contribution in [3.63, 3.8) is 0 Å². The number of hydrogen-bond donors (Lipinski definition) is 1. The van der Waals surface area contributed by atoms with E-state index in [-0.39, 0.29) is 0 Å². The van der Waals surface area contributed by atoms with Crippen molar-refractivity contribution in [1.82, 2.24) is 10.1 Å². The SMILES string of the molecule is CN1CCC(CNc2noc3ccccc23)C1. The van der Waals surface area contributed by atoms with E-state index >= 15 is 0 Å². The molecule has 90 valence electrons. The first kappa shape index (κ1) is 10.6. The fourth-order valence-corrected chi connectivity index (χ4v) is 2.45. The molecule has 1 aliphatic heterocycles. The first-order chi connectivity index (χ1) is 8.33. The molecule has 1 N–H and O–H groups in total. The summed E-state index contributed by atoms with van der Waals surface area (Å²) >= 11 is 0. The smallest absolute Gasteiger partial charge is 0.177 e. The molecule has 1 unspecified atom stereocenters. The highest BCUT2D eigenvalue weighted by atomic mass is 16.5. The Balaban J connectivity index is 1.69. The van der Waals surface area contributed by atoms with Crippen molar-refractivity contribution >= 4 is 16.8 Å². The van der Waals surface area contributed by atoms with Crippen LogP contribution in [0.5, 0.6) is 0 Å². The highest BCUT2D eigenvalue weighted by Gasteiger charge is 2.19. The third kappa shape index (κ3) is 2.13. The van der Waals surface area contributed by atoms with Crippen molar-refractivity contribution in [2.75, 3.05) is 32.0 Å². The molecule has 0 aliphatic carbocycles. The van der Waals surface area contributed by atoms with Gasteiger partial charge in [-0.3, -0.25) is 0 Å². The van der Waals surface area contributed by atoms with Crippen molar-refractivity contribution in [2.45, 2.75) is 6.42 Å². The summed E-state index contributed by atoms with van der Waals surface area (Å²) in [5, 5.41) is 8.54. The van der Waals surface area contributed by atoms with Gasteiger partial charge in [0, 0.05) is 13.1 Å². The fraction of sp³-hybridized carbons (Fsp3) is 0.462. The van der Waals surface area contributed by atoms with E-state index in [1.54, 1.807) is 0 Å². The lowest BCUT2D eigenvalue weighted by Gasteiger charge is -2.10. The van der Waals surface area contributed by atoms with E-state index in [0.29, 0.717) is 0 Å². The number of rotatable bonds is 3. The molecule has 0 spiro atoms. The van der Waals surface area contributed by atoms with Crippen LogP contribution in [0.2, 0.25) is 0 Å². The van der Waals surface area contributed by atoms with Crippen LogP contribution >= 0.6 is 0 Å². The number of aromatic nitrogens is 1. The summed E-state index contributed by atoms with van der Waals surface area (Å²) in [6, 6.07) is 7.95. The van der Waals surface area contributed by atoms with Crippen LogP contribution in [0.1, 0.15) is 6.42 Å². The average Bonchev–Trinajstić information content (AvgIpc) is 2.93. The van der Waals surface area contributed by atoms with Crippen molar-refractivity contribution in [2.24, 2.45) is 5.92 Å². The quantitative estimate of drug-likeness (QED) is 0.879. The zero-order valence-electron chi connectivity index (χ0n) is 10.0. The third-order valence-corrected chi connectivity index (χ3v) is 3.42. The highest BCUT2D eigenvalue weighted by molar-refractivity contribution is 5.87. The molecule has 1 aliphatic rings. The maximum absolute atomic E-state index is 5.26. The van der Waals surface area contributed by atoms with Crippen LogP contribution < -0.4 is 5.32 Å². The van der Waals surface area contributed by atoms with Gasteiger partial charge < -0.3 is 14.7 Å². The van der Waals surface area contributed by atoms with Crippen LogP contribution in [0, 0.1) is 5.92 Å². The van der Waals surface area contributed by atoms with E-state index in [1.807, 2.05) is 24.3 Å². The van der Waals surface area contributed by atoms with Gasteiger partial charge in [0.1, 0.15) is 0 Å². The van der Waals surface area contributed by atoms with Gasteiger partial charge in [0.05, 0.1) is 5.39 Å². The van der Waals surface area contributed by atoms with Gasteiger partial charge in [-0.2, -0.15) is 0 Å². The van der Waals surface area contributed by atoms with Crippen molar-refractivity contribution in [3.05, 3.63) is 24.3 Å². The van der Waals surface area contributed by atoms with Crippen molar-refractivity contribution < 1.29 is 4.52 Å². The number of nitrogens with zero attached hydrogens (tertiary/aromatic N) is 2. The molecule has 0 bridgehead atoms. The van der Waals surface area contributed by atoms with E-state index in [4.69, 9.17) is 4.52 Å². The lowest BCUT2D eigenvalue weighted by atomic mass is 10.1. The second kappa shape index (κ2) is 4.37. The van der Waals surface area contributed by atoms with Crippen LogP contribution in [-0.2, 0) is 0 Å². The zero-order valence-corrected chi connectivity index (χ0v) is 10.0. The normalized spacial score (nSPS) is 21.1. The molecule has 3 rings (SSSR count). The van der Waals surface area contributed by atoms with Gasteiger partial charge in [-0.15, -0.1) is 0 Å². The number of hydrogen-bond acceptors (Lipinski definition) is 4. The Hall–Kier alpha value is -1.55. The number of nitrogens with one attached hydrogen (secondary N) is 1. The summed E-state index contributed by atoms with van der Waals surface area (Å²) in [4.78, 5) is 2.37. The van der Waals surface area contributed by atoms with Gasteiger partial charge in [-0.05, 0) is 38.1 Å². The Bertz CT molecular complexity index is 508. The van der Waals surface area contributed by atoms with Crippen LogP contribution in [-0.4, -0.2) is 36.7 Å². The molecular formula is C13H17N3O. The number of benzene rings is 1. The third-order valence-electron chi connectivity index (χ3n) is 3.42. The number of likely N-dealkylation sites (tertiary alicyclic amines) is 1. The standard InChI is InChI=1S/C13H17N3O/c1-16-7-6-10(9-16)8-14-13-11-4-2-3-5-12(11)17-15-13/h2-5,10H,6-9H2,1H3,(H,14,15). The molecule has 4 nitrogen and oxygen atoms in total. The molecule has 1 aromatic carbocycles. The molecule has 4 heteroatoms. The van der Waals surface area contributed by atoms with E-state index < -0.39 is 0 Å². The molecule has 1 aromatic heterocycles. The first-order valence-corrected chi connectivity index (χ1v) is 6.10. The predicted octanol–water partition coefficient (Wildman–Crippen LogP) is 2.19. The van der Waals surface area contributed by atoms with Gasteiger partial charge in [0.25, 0.3) is 0 Å². The average molecular weight is 231 g/mol. The molecule has 2 heterocycles. The summed E-state index contributed by atoms with van der Waals surface area (Å²) < 4.78 is 5.26. The topological polar surface area (TPSA) is 41.3 Å². The Labute approximate surface area is 101 Å².